The Morgan fingerprint density at radius 3 is 2.49 bits per heavy atom. The number of aliphatic hydroxyl groups is 1. The third kappa shape index (κ3) is 9.19. The summed E-state index contributed by atoms with van der Waals surface area (Å²) in [6.07, 6.45) is 18.5. The van der Waals surface area contributed by atoms with Gasteiger partial charge in [-0.3, -0.25) is 9.59 Å². The molecule has 0 fully saturated rings. The number of phenols is 1. The highest BCUT2D eigenvalue weighted by atomic mass is 16.5. The van der Waals surface area contributed by atoms with Gasteiger partial charge in [0.1, 0.15) is 17.4 Å². The Kier molecular flexibility index (Phi) is 13.3. The van der Waals surface area contributed by atoms with Gasteiger partial charge in [0.25, 0.3) is 0 Å². The number of ether oxygens (including phenoxy) is 1. The van der Waals surface area contributed by atoms with E-state index in [1.165, 1.54) is 20.0 Å². The van der Waals surface area contributed by atoms with E-state index in [9.17, 15) is 19.8 Å². The molecular formula is C39H55N3O5. The van der Waals surface area contributed by atoms with Gasteiger partial charge in [-0.2, -0.15) is 0 Å². The van der Waals surface area contributed by atoms with Gasteiger partial charge in [-0.05, 0) is 48.1 Å². The minimum Gasteiger partial charge on any atom is -0.504 e. The molecule has 0 spiro atoms. The summed E-state index contributed by atoms with van der Waals surface area (Å²) in [4.78, 5) is 29.4. The number of aromatic hydroxyl groups is 1. The number of hydrogen-bond donors (Lipinski definition) is 5. The number of aromatic nitrogens is 1. The third-order valence-corrected chi connectivity index (χ3v) is 9.89. The Balaban J connectivity index is 1.55. The number of allylic oxidation sites excluding steroid dienone is 3. The van der Waals surface area contributed by atoms with Crippen molar-refractivity contribution in [3.63, 3.8) is 0 Å². The van der Waals surface area contributed by atoms with Crippen molar-refractivity contribution in [1.82, 2.24) is 10.3 Å². The van der Waals surface area contributed by atoms with Crippen LogP contribution in [0.1, 0.15) is 107 Å². The fraction of sp³-hybridized carbons (Fsp3) is 0.538. The number of benzene rings is 1. The minimum atomic E-state index is -0.786. The van der Waals surface area contributed by atoms with Crippen LogP contribution < -0.4 is 15.8 Å². The molecule has 1 aliphatic heterocycles. The molecule has 0 radical (unpaired) electrons. The Bertz CT molecular complexity index is 1430. The lowest BCUT2D eigenvalue weighted by Gasteiger charge is -2.43. The van der Waals surface area contributed by atoms with Crippen LogP contribution in [-0.4, -0.2) is 47.0 Å². The number of aromatic amines is 1. The quantitative estimate of drug-likeness (QED) is 0.0778. The summed E-state index contributed by atoms with van der Waals surface area (Å²) >= 11 is 0. The fourth-order valence-electron chi connectivity index (χ4n) is 7.33. The van der Waals surface area contributed by atoms with Crippen LogP contribution in [0.25, 0.3) is 0 Å². The molecular weight excluding hydrogens is 590 g/mol. The standard InChI is InChI=1S/C39H55N3O5/c1-4-6-8-11-27(12-9-7-5-2)21-31(45)24-30(44)15-14-28-22-34(37(46)35(23-28)47-3)36-32-17-20-42-38(40)33(32)16-18-39(36,26-43)25-29-13-10-19-41-29/h10,13,16-19,22-23,27,36,41-43,46H,4-9,11-12,14-15,20-21,24-26,40H2,1-3H3/t36-,39-/m0/s1. The van der Waals surface area contributed by atoms with E-state index in [2.05, 4.69) is 30.2 Å². The lowest BCUT2D eigenvalue weighted by molar-refractivity contribution is -0.127. The molecule has 8 heteroatoms. The number of Topliss-reactive ketones (excluding diaryl/α,β-unsaturated/α-hetero) is 2. The van der Waals surface area contributed by atoms with Crippen molar-refractivity contribution in [2.75, 3.05) is 20.3 Å². The van der Waals surface area contributed by atoms with Crippen molar-refractivity contribution in [2.24, 2.45) is 17.1 Å². The number of nitrogens with one attached hydrogen (secondary N) is 2. The van der Waals surface area contributed by atoms with Crippen LogP contribution in [0.5, 0.6) is 11.5 Å². The first-order chi connectivity index (χ1) is 22.7. The first kappa shape index (κ1) is 36.1. The van der Waals surface area contributed by atoms with E-state index in [-0.39, 0.29) is 36.8 Å². The smallest absolute Gasteiger partial charge is 0.161 e. The van der Waals surface area contributed by atoms with Gasteiger partial charge in [-0.25, -0.2) is 0 Å². The predicted molar refractivity (Wildman–Crippen MR) is 187 cm³/mol. The van der Waals surface area contributed by atoms with Gasteiger partial charge in [-0.15, -0.1) is 0 Å². The molecule has 1 aromatic heterocycles. The van der Waals surface area contributed by atoms with Crippen molar-refractivity contribution in [2.45, 2.75) is 103 Å². The number of phenolic OH excluding ortho intramolecular Hbond substituents is 1. The summed E-state index contributed by atoms with van der Waals surface area (Å²) < 4.78 is 5.63. The summed E-state index contributed by atoms with van der Waals surface area (Å²) in [5.74, 6) is 0.732. The van der Waals surface area contributed by atoms with Crippen molar-refractivity contribution < 1.29 is 24.5 Å². The molecule has 1 aromatic carbocycles. The number of aryl methyl sites for hydroxylation is 1. The minimum absolute atomic E-state index is 0.00286. The van der Waals surface area contributed by atoms with Gasteiger partial charge >= 0.3 is 0 Å². The van der Waals surface area contributed by atoms with Crippen molar-refractivity contribution in [1.29, 1.82) is 0 Å². The number of hydrogen-bond acceptors (Lipinski definition) is 7. The predicted octanol–water partition coefficient (Wildman–Crippen LogP) is 6.93. The van der Waals surface area contributed by atoms with Crippen LogP contribution in [0.3, 0.4) is 0 Å². The molecule has 6 N–H and O–H groups in total. The van der Waals surface area contributed by atoms with E-state index in [0.717, 1.165) is 60.9 Å². The van der Waals surface area contributed by atoms with Crippen LogP contribution in [-0.2, 0) is 22.4 Å². The number of unbranched alkanes of at least 4 members (excludes halogenated alkanes) is 4. The van der Waals surface area contributed by atoms with E-state index in [1.54, 1.807) is 6.07 Å². The molecule has 47 heavy (non-hydrogen) atoms. The lowest BCUT2D eigenvalue weighted by Crippen LogP contribution is -2.40. The zero-order valence-corrected chi connectivity index (χ0v) is 28.6. The number of carbonyl (C=O) groups is 2. The highest BCUT2D eigenvalue weighted by Gasteiger charge is 2.45. The lowest BCUT2D eigenvalue weighted by atomic mass is 9.61. The molecule has 1 aliphatic carbocycles. The number of carbonyl (C=O) groups excluding carboxylic acids is 2. The van der Waals surface area contributed by atoms with Crippen LogP contribution in [0, 0.1) is 11.3 Å². The normalized spacial score (nSPS) is 19.0. The van der Waals surface area contributed by atoms with Crippen LogP contribution >= 0.6 is 0 Å². The third-order valence-electron chi connectivity index (χ3n) is 9.89. The largest absolute Gasteiger partial charge is 0.504 e. The second kappa shape index (κ2) is 17.4. The summed E-state index contributed by atoms with van der Waals surface area (Å²) in [6, 6.07) is 7.60. The summed E-state index contributed by atoms with van der Waals surface area (Å²) in [7, 11) is 1.51. The van der Waals surface area contributed by atoms with Gasteiger partial charge in [0.05, 0.1) is 20.1 Å². The van der Waals surface area contributed by atoms with Crippen LogP contribution in [0.4, 0.5) is 0 Å². The Morgan fingerprint density at radius 2 is 1.85 bits per heavy atom. The Hall–Kier alpha value is -3.78. The SMILES string of the molecule is CCCCCC(CCCCC)CC(=O)CC(=O)CCc1cc(OC)c(O)c([C@@H]2C3=CCNC(N)=C3C=C[C@@]2(CO)Cc2ccc[nH]2)c1. The van der Waals surface area contributed by atoms with Crippen molar-refractivity contribution in [3.8, 4) is 11.5 Å². The summed E-state index contributed by atoms with van der Waals surface area (Å²) in [6.45, 7) is 4.74. The highest BCUT2D eigenvalue weighted by Crippen LogP contribution is 2.54. The number of ketones is 2. The number of rotatable bonds is 20. The van der Waals surface area contributed by atoms with Crippen molar-refractivity contribution >= 4 is 11.6 Å². The van der Waals surface area contributed by atoms with Crippen molar-refractivity contribution in [3.05, 3.63) is 82.5 Å². The summed E-state index contributed by atoms with van der Waals surface area (Å²) in [5.41, 5.74) is 9.74. The van der Waals surface area contributed by atoms with Gasteiger partial charge in [0.2, 0.25) is 0 Å². The molecule has 0 saturated heterocycles. The zero-order valence-electron chi connectivity index (χ0n) is 28.6. The molecule has 256 valence electrons. The molecule has 0 amide bonds. The molecule has 0 unspecified atom stereocenters. The maximum Gasteiger partial charge on any atom is 0.161 e. The number of H-pyrrole nitrogens is 1. The molecule has 8 nitrogen and oxygen atoms in total. The van der Waals surface area contributed by atoms with E-state index in [4.69, 9.17) is 10.5 Å². The first-order valence-corrected chi connectivity index (χ1v) is 17.5. The Labute approximate surface area is 280 Å². The fourth-order valence-corrected chi connectivity index (χ4v) is 7.33. The zero-order chi connectivity index (χ0) is 33.8. The van der Waals surface area contributed by atoms with Gasteiger partial charge in [0.15, 0.2) is 11.5 Å². The van der Waals surface area contributed by atoms with Gasteiger partial charge in [0, 0.05) is 53.7 Å². The molecule has 0 saturated carbocycles. The van der Waals surface area contributed by atoms with Gasteiger partial charge in [-0.1, -0.05) is 89.5 Å². The number of dihydropyridines is 1. The number of methoxy groups -OCH3 is 1. The number of aliphatic hydroxyl groups excluding tert-OH is 1. The second-order valence-electron chi connectivity index (χ2n) is 13.4. The van der Waals surface area contributed by atoms with E-state index in [0.29, 0.717) is 48.9 Å². The average molecular weight is 646 g/mol. The molecule has 2 aromatic rings. The number of fused-ring (bicyclic) bond motifs is 1. The van der Waals surface area contributed by atoms with Gasteiger partial charge < -0.3 is 31.0 Å². The van der Waals surface area contributed by atoms with E-state index in [1.807, 2.05) is 36.5 Å². The second-order valence-corrected chi connectivity index (χ2v) is 13.4. The van der Waals surface area contributed by atoms with Crippen LogP contribution in [0.15, 0.2) is 65.7 Å². The first-order valence-electron chi connectivity index (χ1n) is 17.5. The molecule has 2 aliphatic rings. The summed E-state index contributed by atoms with van der Waals surface area (Å²) in [5, 5.41) is 25.8. The molecule has 2 atom stereocenters. The molecule has 0 bridgehead atoms. The molecule has 2 heterocycles. The number of nitrogens with two attached hydrogens (primary N) is 1. The topological polar surface area (TPSA) is 138 Å². The van der Waals surface area contributed by atoms with E-state index >= 15 is 0 Å². The maximum absolute atomic E-state index is 13.1. The average Bonchev–Trinajstić information content (AvgIpc) is 3.57. The van der Waals surface area contributed by atoms with Crippen LogP contribution in [0.2, 0.25) is 0 Å². The van der Waals surface area contributed by atoms with E-state index < -0.39 is 11.3 Å². The maximum atomic E-state index is 13.1. The molecule has 4 rings (SSSR count). The Morgan fingerprint density at radius 1 is 1.11 bits per heavy atom. The highest BCUT2D eigenvalue weighted by molar-refractivity contribution is 5.99. The monoisotopic (exact) mass is 645 g/mol.